The van der Waals surface area contributed by atoms with Crippen molar-refractivity contribution in [2.45, 2.75) is 6.54 Å². The van der Waals surface area contributed by atoms with Crippen LogP contribution in [0.2, 0.25) is 0 Å². The number of nitrogens with zero attached hydrogens (tertiary/aromatic N) is 1. The largest absolute Gasteiger partial charge is 0.227 e. The Hall–Kier alpha value is -0.0200. The molecule has 0 aliphatic rings. The van der Waals surface area contributed by atoms with E-state index >= 15 is 0 Å². The highest BCUT2D eigenvalue weighted by atomic mass is 79.9. The number of hydrogen-bond acceptors (Lipinski definition) is 3. The molecule has 0 aliphatic heterocycles. The number of isothiocyanates is 1. The second-order valence-electron chi connectivity index (χ2n) is 1.60. The third-order valence-electron chi connectivity index (χ3n) is 0.978. The topological polar surface area (TPSA) is 12.4 Å². The fraction of sp³-hybridized carbons (Fsp3) is 0.167. The average molecular weight is 234 g/mol. The van der Waals surface area contributed by atoms with Gasteiger partial charge in [0.15, 0.2) is 0 Å². The van der Waals surface area contributed by atoms with Gasteiger partial charge in [0.1, 0.15) is 0 Å². The zero-order valence-electron chi connectivity index (χ0n) is 5.00. The fourth-order valence-electron chi connectivity index (χ4n) is 0.542. The second-order valence-corrected chi connectivity index (χ2v) is 3.64. The molecule has 1 nitrogen and oxygen atoms in total. The first-order valence-electron chi connectivity index (χ1n) is 2.60. The van der Waals surface area contributed by atoms with Gasteiger partial charge in [-0.05, 0) is 39.6 Å². The minimum atomic E-state index is 0.641. The van der Waals surface area contributed by atoms with Crippen molar-refractivity contribution in [3.8, 4) is 0 Å². The third-order valence-corrected chi connectivity index (χ3v) is 3.02. The second kappa shape index (κ2) is 3.98. The zero-order chi connectivity index (χ0) is 7.40. The maximum atomic E-state index is 4.44. The van der Waals surface area contributed by atoms with Crippen LogP contribution in [0.4, 0.5) is 0 Å². The number of rotatable bonds is 2. The predicted molar refractivity (Wildman–Crippen MR) is 50.7 cm³/mol. The first kappa shape index (κ1) is 8.08. The summed E-state index contributed by atoms with van der Waals surface area (Å²) in [5.41, 5.74) is 0. The molecule has 0 aliphatic carbocycles. The molecule has 1 aromatic rings. The molecule has 0 spiro atoms. The van der Waals surface area contributed by atoms with E-state index in [0.29, 0.717) is 6.54 Å². The highest BCUT2D eigenvalue weighted by molar-refractivity contribution is 9.10. The van der Waals surface area contributed by atoms with E-state index in [-0.39, 0.29) is 0 Å². The lowest BCUT2D eigenvalue weighted by atomic mass is 10.5. The molecule has 1 aromatic heterocycles. The van der Waals surface area contributed by atoms with Gasteiger partial charge in [0, 0.05) is 9.35 Å². The van der Waals surface area contributed by atoms with Crippen molar-refractivity contribution in [1.82, 2.24) is 0 Å². The molecule has 0 atom stereocenters. The van der Waals surface area contributed by atoms with Gasteiger partial charge in [-0.1, -0.05) is 0 Å². The quantitative estimate of drug-likeness (QED) is 0.565. The summed E-state index contributed by atoms with van der Waals surface area (Å²) in [4.78, 5) is 5.01. The van der Waals surface area contributed by atoms with Crippen LogP contribution in [-0.4, -0.2) is 5.16 Å². The number of thiophene rings is 1. The number of aliphatic imine (C=N–C) groups is 1. The lowest BCUT2D eigenvalue weighted by Gasteiger charge is -1.86. The Bertz CT molecular complexity index is 262. The monoisotopic (exact) mass is 233 g/mol. The highest BCUT2D eigenvalue weighted by Crippen LogP contribution is 2.22. The van der Waals surface area contributed by atoms with Crippen LogP contribution in [0.15, 0.2) is 20.9 Å². The van der Waals surface area contributed by atoms with E-state index in [4.69, 9.17) is 0 Å². The summed E-state index contributed by atoms with van der Waals surface area (Å²) >= 11 is 9.49. The Morgan fingerprint density at radius 3 is 3.10 bits per heavy atom. The Morgan fingerprint density at radius 1 is 1.80 bits per heavy atom. The molecule has 52 valence electrons. The van der Waals surface area contributed by atoms with Gasteiger partial charge in [0.25, 0.3) is 0 Å². The minimum Gasteiger partial charge on any atom is -0.227 e. The van der Waals surface area contributed by atoms with Crippen molar-refractivity contribution in [2.24, 2.45) is 4.99 Å². The molecule has 0 unspecified atom stereocenters. The molecule has 1 rings (SSSR count). The zero-order valence-corrected chi connectivity index (χ0v) is 8.22. The van der Waals surface area contributed by atoms with Crippen LogP contribution < -0.4 is 0 Å². The first-order valence-corrected chi connectivity index (χ1v) is 4.68. The van der Waals surface area contributed by atoms with Gasteiger partial charge in [0.2, 0.25) is 0 Å². The normalized spacial score (nSPS) is 8.90. The van der Waals surface area contributed by atoms with Gasteiger partial charge < -0.3 is 0 Å². The highest BCUT2D eigenvalue weighted by Gasteiger charge is 1.97. The van der Waals surface area contributed by atoms with Gasteiger partial charge in [-0.15, -0.1) is 11.3 Å². The molecular formula is C6H4BrNS2. The van der Waals surface area contributed by atoms with Crippen molar-refractivity contribution in [2.75, 3.05) is 0 Å². The van der Waals surface area contributed by atoms with Gasteiger partial charge in [-0.3, -0.25) is 0 Å². The van der Waals surface area contributed by atoms with Crippen LogP contribution in [0.5, 0.6) is 0 Å². The van der Waals surface area contributed by atoms with Crippen molar-refractivity contribution in [3.63, 3.8) is 0 Å². The summed E-state index contributed by atoms with van der Waals surface area (Å²) < 4.78 is 1.10. The molecule has 0 fully saturated rings. The van der Waals surface area contributed by atoms with E-state index in [1.54, 1.807) is 11.3 Å². The molecule has 1 heterocycles. The molecule has 0 saturated carbocycles. The smallest absolute Gasteiger partial charge is 0.0847 e. The van der Waals surface area contributed by atoms with E-state index in [1.807, 2.05) is 11.4 Å². The fourth-order valence-corrected chi connectivity index (χ4v) is 2.01. The van der Waals surface area contributed by atoms with Gasteiger partial charge in [-0.25, -0.2) is 4.99 Å². The number of halogens is 1. The maximum absolute atomic E-state index is 4.44. The van der Waals surface area contributed by atoms with Crippen molar-refractivity contribution in [1.29, 1.82) is 0 Å². The first-order chi connectivity index (χ1) is 4.84. The molecular weight excluding hydrogens is 230 g/mol. The van der Waals surface area contributed by atoms with E-state index in [1.165, 1.54) is 4.88 Å². The Morgan fingerprint density at radius 2 is 2.60 bits per heavy atom. The summed E-state index contributed by atoms with van der Waals surface area (Å²) in [6.07, 6.45) is 0. The van der Waals surface area contributed by atoms with Gasteiger partial charge in [-0.2, -0.15) is 0 Å². The summed E-state index contributed by atoms with van der Waals surface area (Å²) in [5.74, 6) is 0. The van der Waals surface area contributed by atoms with Crippen LogP contribution in [0.3, 0.4) is 0 Å². The molecule has 0 radical (unpaired) electrons. The van der Waals surface area contributed by atoms with E-state index in [0.717, 1.165) is 4.47 Å². The summed E-state index contributed by atoms with van der Waals surface area (Å²) in [7, 11) is 0. The van der Waals surface area contributed by atoms with Crippen LogP contribution >= 0.6 is 39.5 Å². The lowest BCUT2D eigenvalue weighted by Crippen LogP contribution is -1.72. The molecule has 0 saturated heterocycles. The number of hydrogen-bond donors (Lipinski definition) is 0. The van der Waals surface area contributed by atoms with Crippen LogP contribution in [0.25, 0.3) is 0 Å². The summed E-state index contributed by atoms with van der Waals surface area (Å²) in [6.45, 7) is 0.641. The third kappa shape index (κ3) is 1.99. The molecule has 0 N–H and O–H groups in total. The van der Waals surface area contributed by atoms with E-state index in [2.05, 4.69) is 38.3 Å². The Balaban J connectivity index is 2.74. The SMILES string of the molecule is S=C=NCc1sccc1Br. The van der Waals surface area contributed by atoms with Gasteiger partial charge in [0.05, 0.1) is 11.7 Å². The van der Waals surface area contributed by atoms with Crippen LogP contribution in [-0.2, 0) is 6.54 Å². The molecule has 0 aromatic carbocycles. The molecule has 0 bridgehead atoms. The van der Waals surface area contributed by atoms with Crippen molar-refractivity contribution >= 4 is 44.6 Å². The van der Waals surface area contributed by atoms with Crippen LogP contribution in [0.1, 0.15) is 4.88 Å². The Kier molecular flexibility index (Phi) is 3.22. The van der Waals surface area contributed by atoms with Crippen molar-refractivity contribution < 1.29 is 0 Å². The van der Waals surface area contributed by atoms with E-state index < -0.39 is 0 Å². The van der Waals surface area contributed by atoms with Crippen LogP contribution in [0, 0.1) is 0 Å². The predicted octanol–water partition coefficient (Wildman–Crippen LogP) is 3.11. The average Bonchev–Trinajstić information content (AvgIpc) is 2.31. The number of thiocarbonyl (C=S) groups is 1. The molecule has 4 heteroatoms. The lowest BCUT2D eigenvalue weighted by molar-refractivity contribution is 1.11. The minimum absolute atomic E-state index is 0.641. The van der Waals surface area contributed by atoms with E-state index in [9.17, 15) is 0 Å². The standard InChI is InChI=1S/C6H4BrNS2/c7-5-1-2-10-6(5)3-8-4-9/h1-2H,3H2. The Labute approximate surface area is 76.9 Å². The van der Waals surface area contributed by atoms with Gasteiger partial charge >= 0.3 is 0 Å². The molecule has 0 amide bonds. The molecule has 10 heavy (non-hydrogen) atoms. The van der Waals surface area contributed by atoms with Crippen molar-refractivity contribution in [3.05, 3.63) is 20.8 Å². The summed E-state index contributed by atoms with van der Waals surface area (Å²) in [6, 6.07) is 2.00. The maximum Gasteiger partial charge on any atom is 0.0847 e. The summed E-state index contributed by atoms with van der Waals surface area (Å²) in [5, 5.41) is 4.34.